The molecule has 0 saturated carbocycles. The van der Waals surface area contributed by atoms with Crippen molar-refractivity contribution >= 4 is 11.5 Å². The molecule has 1 rings (SSSR count). The van der Waals surface area contributed by atoms with Crippen molar-refractivity contribution in [2.24, 2.45) is 0 Å². The zero-order chi connectivity index (χ0) is 16.0. The van der Waals surface area contributed by atoms with Crippen LogP contribution in [0.15, 0.2) is 33.0 Å². The Morgan fingerprint density at radius 2 is 2.00 bits per heavy atom. The highest BCUT2D eigenvalue weighted by Crippen LogP contribution is 2.22. The summed E-state index contributed by atoms with van der Waals surface area (Å²) in [5.41, 5.74) is 0.903. The molecule has 6 nitrogen and oxygen atoms in total. The van der Waals surface area contributed by atoms with Crippen LogP contribution in [0.25, 0.3) is 5.57 Å². The van der Waals surface area contributed by atoms with Gasteiger partial charge < -0.3 is 19.0 Å². The lowest BCUT2D eigenvalue weighted by atomic mass is 10.1. The average molecular weight is 294 g/mol. The van der Waals surface area contributed by atoms with Gasteiger partial charge in [-0.3, -0.25) is 0 Å². The van der Waals surface area contributed by atoms with Crippen LogP contribution in [0.5, 0.6) is 5.75 Å². The van der Waals surface area contributed by atoms with Crippen molar-refractivity contribution in [3.8, 4) is 5.75 Å². The fraction of sp³-hybridized carbons (Fsp3) is 0.333. The molecule has 0 spiro atoms. The predicted molar refractivity (Wildman–Crippen MR) is 77.3 cm³/mol. The van der Waals surface area contributed by atoms with Crippen LogP contribution in [0.1, 0.15) is 25.2 Å². The summed E-state index contributed by atoms with van der Waals surface area (Å²) in [6.45, 7) is 3.45. The van der Waals surface area contributed by atoms with E-state index in [4.69, 9.17) is 19.0 Å². The molecule has 0 saturated heterocycles. The third-order valence-corrected chi connectivity index (χ3v) is 2.70. The van der Waals surface area contributed by atoms with Gasteiger partial charge in [-0.25, -0.2) is 9.59 Å². The molecule has 0 atom stereocenters. The summed E-state index contributed by atoms with van der Waals surface area (Å²) in [5, 5.41) is 8.68. The van der Waals surface area contributed by atoms with Gasteiger partial charge in [0.15, 0.2) is 0 Å². The summed E-state index contributed by atoms with van der Waals surface area (Å²) in [4.78, 5) is 22.5. The number of carbonyl (C=O) groups is 1. The molecule has 114 valence electrons. The Hall–Kier alpha value is -2.34. The van der Waals surface area contributed by atoms with Crippen molar-refractivity contribution in [3.05, 3.63) is 45.5 Å². The molecule has 1 aromatic heterocycles. The maximum Gasteiger partial charge on any atom is 0.345 e. The van der Waals surface area contributed by atoms with Gasteiger partial charge in [0.2, 0.25) is 0 Å². The zero-order valence-corrected chi connectivity index (χ0v) is 12.4. The molecular weight excluding hydrogens is 276 g/mol. The second kappa shape index (κ2) is 7.44. The molecule has 1 aromatic rings. The van der Waals surface area contributed by atoms with Crippen molar-refractivity contribution < 1.29 is 23.8 Å². The Morgan fingerprint density at radius 3 is 2.52 bits per heavy atom. The molecule has 0 aliphatic heterocycles. The first-order valence-corrected chi connectivity index (χ1v) is 6.19. The topological polar surface area (TPSA) is 86.0 Å². The first-order valence-electron chi connectivity index (χ1n) is 6.19. The molecule has 0 unspecified atom stereocenters. The van der Waals surface area contributed by atoms with E-state index >= 15 is 0 Å². The lowest BCUT2D eigenvalue weighted by Crippen LogP contribution is -2.11. The van der Waals surface area contributed by atoms with Crippen LogP contribution < -0.4 is 10.4 Å². The molecule has 1 heterocycles. The van der Waals surface area contributed by atoms with E-state index in [2.05, 4.69) is 0 Å². The van der Waals surface area contributed by atoms with Crippen LogP contribution in [0.3, 0.4) is 0 Å². The third kappa shape index (κ3) is 4.61. The molecule has 0 fully saturated rings. The number of carboxylic acid groups (broad SMARTS) is 1. The molecule has 0 aliphatic carbocycles. The fourth-order valence-electron chi connectivity index (χ4n) is 1.80. The SMILES string of the molecule is COCc1c(OC)cc(/C(C)=C/C(C)=C/C(=O)O)oc1=O. The molecule has 0 aromatic carbocycles. The van der Waals surface area contributed by atoms with E-state index in [0.717, 1.165) is 6.08 Å². The molecular formula is C15H18O6. The van der Waals surface area contributed by atoms with Crippen LogP contribution in [-0.4, -0.2) is 25.3 Å². The molecule has 0 bridgehead atoms. The van der Waals surface area contributed by atoms with Crippen molar-refractivity contribution in [3.63, 3.8) is 0 Å². The van der Waals surface area contributed by atoms with E-state index in [0.29, 0.717) is 28.2 Å². The van der Waals surface area contributed by atoms with Gasteiger partial charge in [0.05, 0.1) is 13.7 Å². The maximum atomic E-state index is 11.9. The van der Waals surface area contributed by atoms with E-state index in [1.807, 2.05) is 0 Å². The summed E-state index contributed by atoms with van der Waals surface area (Å²) in [6.07, 6.45) is 2.68. The quantitative estimate of drug-likeness (QED) is 0.639. The van der Waals surface area contributed by atoms with Gasteiger partial charge in [0.25, 0.3) is 0 Å². The Kier molecular flexibility index (Phi) is 5.92. The number of hydrogen-bond donors (Lipinski definition) is 1. The highest BCUT2D eigenvalue weighted by molar-refractivity contribution is 5.82. The number of allylic oxidation sites excluding steroid dienone is 3. The molecule has 0 radical (unpaired) electrons. The largest absolute Gasteiger partial charge is 0.496 e. The van der Waals surface area contributed by atoms with Crippen LogP contribution in [0.2, 0.25) is 0 Å². The molecule has 21 heavy (non-hydrogen) atoms. The van der Waals surface area contributed by atoms with Gasteiger partial charge in [0.1, 0.15) is 17.1 Å². The highest BCUT2D eigenvalue weighted by Gasteiger charge is 2.13. The molecule has 0 amide bonds. The van der Waals surface area contributed by atoms with Gasteiger partial charge in [-0.05, 0) is 25.0 Å². The second-order valence-corrected chi connectivity index (χ2v) is 4.43. The van der Waals surface area contributed by atoms with Crippen LogP contribution >= 0.6 is 0 Å². The van der Waals surface area contributed by atoms with Crippen molar-refractivity contribution in [1.29, 1.82) is 0 Å². The van der Waals surface area contributed by atoms with E-state index < -0.39 is 11.6 Å². The first kappa shape index (κ1) is 16.7. The second-order valence-electron chi connectivity index (χ2n) is 4.43. The highest BCUT2D eigenvalue weighted by atomic mass is 16.5. The molecule has 6 heteroatoms. The van der Waals surface area contributed by atoms with Gasteiger partial charge in [-0.15, -0.1) is 0 Å². The van der Waals surface area contributed by atoms with E-state index in [-0.39, 0.29) is 6.61 Å². The minimum Gasteiger partial charge on any atom is -0.496 e. The first-order chi connectivity index (χ1) is 9.88. The van der Waals surface area contributed by atoms with E-state index in [9.17, 15) is 9.59 Å². The Balaban J connectivity index is 3.26. The lowest BCUT2D eigenvalue weighted by Gasteiger charge is -2.08. The van der Waals surface area contributed by atoms with Crippen LogP contribution in [0, 0.1) is 0 Å². The fourth-order valence-corrected chi connectivity index (χ4v) is 1.80. The number of aliphatic carboxylic acids is 1. The number of ether oxygens (including phenoxy) is 2. The summed E-state index contributed by atoms with van der Waals surface area (Å²) in [6, 6.07) is 1.58. The number of hydrogen-bond acceptors (Lipinski definition) is 5. The van der Waals surface area contributed by atoms with E-state index in [1.54, 1.807) is 26.0 Å². The zero-order valence-electron chi connectivity index (χ0n) is 12.4. The van der Waals surface area contributed by atoms with Crippen LogP contribution in [0.4, 0.5) is 0 Å². The Morgan fingerprint density at radius 1 is 1.33 bits per heavy atom. The number of rotatable bonds is 6. The summed E-state index contributed by atoms with van der Waals surface area (Å²) < 4.78 is 15.3. The minimum absolute atomic E-state index is 0.0898. The Bertz CT molecular complexity index is 636. The monoisotopic (exact) mass is 294 g/mol. The number of carboxylic acids is 1. The minimum atomic E-state index is -1.04. The summed E-state index contributed by atoms with van der Waals surface area (Å²) >= 11 is 0. The smallest absolute Gasteiger partial charge is 0.345 e. The van der Waals surface area contributed by atoms with Crippen LogP contribution in [-0.2, 0) is 16.1 Å². The maximum absolute atomic E-state index is 11.9. The van der Waals surface area contributed by atoms with E-state index in [1.165, 1.54) is 14.2 Å². The van der Waals surface area contributed by atoms with Gasteiger partial charge in [-0.2, -0.15) is 0 Å². The Labute approximate surface area is 122 Å². The third-order valence-electron chi connectivity index (χ3n) is 2.70. The van der Waals surface area contributed by atoms with Gasteiger partial charge in [0, 0.05) is 19.3 Å². The van der Waals surface area contributed by atoms with Crippen molar-refractivity contribution in [2.75, 3.05) is 14.2 Å². The summed E-state index contributed by atoms with van der Waals surface area (Å²) in [5.74, 6) is -0.350. The normalized spacial score (nSPS) is 12.4. The lowest BCUT2D eigenvalue weighted by molar-refractivity contribution is -0.131. The average Bonchev–Trinajstić information content (AvgIpc) is 2.39. The van der Waals surface area contributed by atoms with Gasteiger partial charge >= 0.3 is 11.6 Å². The molecule has 1 N–H and O–H groups in total. The predicted octanol–water partition coefficient (Wildman–Crippen LogP) is 2.23. The van der Waals surface area contributed by atoms with Crippen molar-refractivity contribution in [2.45, 2.75) is 20.5 Å². The van der Waals surface area contributed by atoms with Gasteiger partial charge in [-0.1, -0.05) is 6.08 Å². The molecule has 0 aliphatic rings. The van der Waals surface area contributed by atoms with Crippen molar-refractivity contribution in [1.82, 2.24) is 0 Å². The standard InChI is InChI=1S/C15H18O6/c1-9(6-14(16)17)5-10(2)12-7-13(20-4)11(8-19-3)15(18)21-12/h5-7H,8H2,1-4H3,(H,16,17)/b9-6+,10-5+. The summed E-state index contributed by atoms with van der Waals surface area (Å²) in [7, 11) is 2.92. The number of methoxy groups -OCH3 is 2.